The number of nitrogens with one attached hydrogen (secondary N) is 3. The van der Waals surface area contributed by atoms with Gasteiger partial charge in [0.25, 0.3) is 0 Å². The Kier molecular flexibility index (Phi) is 12.6. The van der Waals surface area contributed by atoms with Crippen LogP contribution >= 0.6 is 0 Å². The third-order valence-corrected chi connectivity index (χ3v) is 6.80. The minimum absolute atomic E-state index is 0.0445. The van der Waals surface area contributed by atoms with Crippen molar-refractivity contribution in [1.29, 1.82) is 0 Å². The van der Waals surface area contributed by atoms with Crippen molar-refractivity contribution >= 4 is 23.7 Å². The number of unbranched alkanes of at least 4 members (excludes halogenated alkanes) is 3. The second-order valence-electron chi connectivity index (χ2n) is 10.7. The molecule has 3 unspecified atom stereocenters. The van der Waals surface area contributed by atoms with Crippen molar-refractivity contribution in [3.63, 3.8) is 0 Å². The van der Waals surface area contributed by atoms with E-state index in [1.54, 1.807) is 6.92 Å². The zero-order valence-electron chi connectivity index (χ0n) is 23.0. The van der Waals surface area contributed by atoms with Crippen molar-refractivity contribution in [2.24, 2.45) is 11.8 Å². The Bertz CT molecular complexity index is 889. The van der Waals surface area contributed by atoms with Gasteiger partial charge in [-0.15, -0.1) is 0 Å². The maximum atomic E-state index is 13.2. The molecule has 2 rings (SSSR count). The van der Waals surface area contributed by atoms with Crippen LogP contribution in [0.15, 0.2) is 30.3 Å². The molecule has 1 saturated heterocycles. The van der Waals surface area contributed by atoms with Crippen molar-refractivity contribution in [3.8, 4) is 0 Å². The van der Waals surface area contributed by atoms with E-state index < -0.39 is 42.0 Å². The molecular weight excluding hydrogens is 470 g/mol. The van der Waals surface area contributed by atoms with Crippen LogP contribution in [-0.2, 0) is 30.3 Å². The average molecular weight is 516 g/mol. The van der Waals surface area contributed by atoms with Crippen LogP contribution in [0.5, 0.6) is 0 Å². The molecule has 1 aromatic rings. The highest BCUT2D eigenvalue weighted by Crippen LogP contribution is 2.21. The lowest BCUT2D eigenvalue weighted by Gasteiger charge is -2.27. The fraction of sp³-hybridized carbons (Fsp3) is 0.655. The Morgan fingerprint density at radius 1 is 0.892 bits per heavy atom. The van der Waals surface area contributed by atoms with Crippen molar-refractivity contribution in [2.45, 2.75) is 110 Å². The van der Waals surface area contributed by atoms with Gasteiger partial charge in [-0.1, -0.05) is 83.7 Å². The van der Waals surface area contributed by atoms with E-state index in [0.717, 1.165) is 37.7 Å². The Hall–Kier alpha value is -2.90. The zero-order chi connectivity index (χ0) is 27.4. The maximum absolute atomic E-state index is 13.2. The summed E-state index contributed by atoms with van der Waals surface area (Å²) in [5.74, 6) is -1.74. The fourth-order valence-corrected chi connectivity index (χ4v) is 4.53. The predicted molar refractivity (Wildman–Crippen MR) is 143 cm³/mol. The fourth-order valence-electron chi connectivity index (χ4n) is 4.53. The van der Waals surface area contributed by atoms with Gasteiger partial charge in [0.15, 0.2) is 0 Å². The molecule has 206 valence electrons. The summed E-state index contributed by atoms with van der Waals surface area (Å²) in [6.07, 6.45) is 5.10. The summed E-state index contributed by atoms with van der Waals surface area (Å²) in [7, 11) is 0. The van der Waals surface area contributed by atoms with Crippen molar-refractivity contribution in [3.05, 3.63) is 35.9 Å². The number of cyclic esters (lactones) is 1. The molecule has 8 heteroatoms. The molecule has 1 heterocycles. The quantitative estimate of drug-likeness (QED) is 0.325. The number of esters is 1. The molecule has 5 atom stereocenters. The first-order valence-corrected chi connectivity index (χ1v) is 13.7. The summed E-state index contributed by atoms with van der Waals surface area (Å²) in [5, 5.41) is 8.31. The molecule has 37 heavy (non-hydrogen) atoms. The Morgan fingerprint density at radius 3 is 2.24 bits per heavy atom. The Labute approximate surface area is 221 Å². The Morgan fingerprint density at radius 2 is 1.59 bits per heavy atom. The van der Waals surface area contributed by atoms with Gasteiger partial charge in [0.05, 0.1) is 6.42 Å². The van der Waals surface area contributed by atoms with Crippen LogP contribution in [0.3, 0.4) is 0 Å². The van der Waals surface area contributed by atoms with E-state index in [4.69, 9.17) is 4.74 Å². The standard InChI is InChI=1S/C29H45N3O5/c1-6-7-8-10-13-20(4)25-18-26(33)31-23(17-22-14-11-9-12-15-22)28(35)30-21(5)27(34)32-24(16-19(2)3)29(36)37-25/h9,11-12,14-15,19-21,23-25H,6-8,10,13,16-18H2,1-5H3,(H,30,35)(H,31,33)(H,32,34)/t20?,21-,23-,24?,25?/m0/s1. The molecule has 3 N–H and O–H groups in total. The minimum atomic E-state index is -0.890. The van der Waals surface area contributed by atoms with Gasteiger partial charge in [0, 0.05) is 6.42 Å². The number of ether oxygens (including phenoxy) is 1. The van der Waals surface area contributed by atoms with Gasteiger partial charge in [0.2, 0.25) is 17.7 Å². The number of amides is 3. The van der Waals surface area contributed by atoms with E-state index in [9.17, 15) is 19.2 Å². The van der Waals surface area contributed by atoms with Gasteiger partial charge in [-0.05, 0) is 37.2 Å². The average Bonchev–Trinajstić information content (AvgIpc) is 2.85. The van der Waals surface area contributed by atoms with E-state index in [0.29, 0.717) is 6.42 Å². The molecule has 1 fully saturated rings. The van der Waals surface area contributed by atoms with Gasteiger partial charge in [-0.3, -0.25) is 14.4 Å². The normalized spacial score (nSPS) is 24.6. The molecule has 1 aliphatic rings. The van der Waals surface area contributed by atoms with Gasteiger partial charge < -0.3 is 20.7 Å². The summed E-state index contributed by atoms with van der Waals surface area (Å²) < 4.78 is 5.91. The van der Waals surface area contributed by atoms with E-state index >= 15 is 0 Å². The number of carbonyl (C=O) groups excluding carboxylic acids is 4. The van der Waals surface area contributed by atoms with Crippen LogP contribution in [0.25, 0.3) is 0 Å². The maximum Gasteiger partial charge on any atom is 0.328 e. The number of rotatable bonds is 10. The smallest absolute Gasteiger partial charge is 0.328 e. The summed E-state index contributed by atoms with van der Waals surface area (Å²) >= 11 is 0. The van der Waals surface area contributed by atoms with Crippen LogP contribution in [0.4, 0.5) is 0 Å². The summed E-state index contributed by atoms with van der Waals surface area (Å²) in [6, 6.07) is 6.78. The largest absolute Gasteiger partial charge is 0.460 e. The molecule has 1 aromatic carbocycles. The number of hydrogen-bond acceptors (Lipinski definition) is 5. The van der Waals surface area contributed by atoms with E-state index in [1.165, 1.54) is 0 Å². The van der Waals surface area contributed by atoms with E-state index in [1.807, 2.05) is 51.1 Å². The monoisotopic (exact) mass is 515 g/mol. The molecule has 1 aliphatic heterocycles. The highest BCUT2D eigenvalue weighted by Gasteiger charge is 2.33. The first kappa shape index (κ1) is 30.3. The van der Waals surface area contributed by atoms with Gasteiger partial charge in [0.1, 0.15) is 24.2 Å². The van der Waals surface area contributed by atoms with E-state index in [-0.39, 0.29) is 30.6 Å². The third kappa shape index (κ3) is 10.5. The molecule has 8 nitrogen and oxygen atoms in total. The second kappa shape index (κ2) is 15.4. The summed E-state index contributed by atoms with van der Waals surface area (Å²) in [6.45, 7) is 9.62. The van der Waals surface area contributed by atoms with Crippen LogP contribution in [0, 0.1) is 11.8 Å². The molecule has 0 radical (unpaired) electrons. The van der Waals surface area contributed by atoms with Crippen LogP contribution in [-0.4, -0.2) is 47.9 Å². The SMILES string of the molecule is CCCCCCC(C)C1CC(=O)N[C@@H](Cc2ccccc2)C(=O)N[C@@H](C)C(=O)NC(CC(C)C)C(=O)O1. The third-order valence-electron chi connectivity index (χ3n) is 6.80. The molecule has 0 spiro atoms. The first-order valence-electron chi connectivity index (χ1n) is 13.7. The van der Waals surface area contributed by atoms with Gasteiger partial charge in [-0.2, -0.15) is 0 Å². The zero-order valence-corrected chi connectivity index (χ0v) is 23.0. The van der Waals surface area contributed by atoms with Crippen molar-refractivity contribution in [2.75, 3.05) is 0 Å². The molecule has 0 bridgehead atoms. The van der Waals surface area contributed by atoms with E-state index in [2.05, 4.69) is 22.9 Å². The Balaban J connectivity index is 2.32. The summed E-state index contributed by atoms with van der Waals surface area (Å²) in [4.78, 5) is 52.5. The van der Waals surface area contributed by atoms with Crippen LogP contribution < -0.4 is 16.0 Å². The molecule has 0 aliphatic carbocycles. The highest BCUT2D eigenvalue weighted by molar-refractivity contribution is 5.94. The first-order chi connectivity index (χ1) is 17.6. The number of benzene rings is 1. The second-order valence-corrected chi connectivity index (χ2v) is 10.7. The molecule has 0 saturated carbocycles. The van der Waals surface area contributed by atoms with Gasteiger partial charge in [-0.25, -0.2) is 4.79 Å². The summed E-state index contributed by atoms with van der Waals surface area (Å²) in [5.41, 5.74) is 0.883. The molecular formula is C29H45N3O5. The van der Waals surface area contributed by atoms with Crippen molar-refractivity contribution < 1.29 is 23.9 Å². The van der Waals surface area contributed by atoms with Crippen LogP contribution in [0.1, 0.15) is 85.1 Å². The lowest BCUT2D eigenvalue weighted by atomic mass is 9.94. The van der Waals surface area contributed by atoms with Gasteiger partial charge >= 0.3 is 5.97 Å². The van der Waals surface area contributed by atoms with Crippen LogP contribution in [0.2, 0.25) is 0 Å². The lowest BCUT2D eigenvalue weighted by Crippen LogP contribution is -2.55. The lowest BCUT2D eigenvalue weighted by molar-refractivity contribution is -0.157. The van der Waals surface area contributed by atoms with Crippen molar-refractivity contribution in [1.82, 2.24) is 16.0 Å². The topological polar surface area (TPSA) is 114 Å². The molecule has 3 amide bonds. The predicted octanol–water partition coefficient (Wildman–Crippen LogP) is 3.67. The minimum Gasteiger partial charge on any atom is -0.460 e. The molecule has 0 aromatic heterocycles. The number of carbonyl (C=O) groups is 4. The highest BCUT2D eigenvalue weighted by atomic mass is 16.5. The number of hydrogen-bond donors (Lipinski definition) is 3.